The third-order valence-electron chi connectivity index (χ3n) is 3.70. The van der Waals surface area contributed by atoms with E-state index in [0.717, 1.165) is 19.3 Å². The molecule has 18 heavy (non-hydrogen) atoms. The van der Waals surface area contributed by atoms with Crippen LogP contribution in [0.25, 0.3) is 0 Å². The second kappa shape index (κ2) is 6.52. The normalized spacial score (nSPS) is 24.8. The van der Waals surface area contributed by atoms with Gasteiger partial charge in [-0.3, -0.25) is 4.79 Å². The molecular formula is C12H24N2O3S. The van der Waals surface area contributed by atoms with Crippen LogP contribution in [0.2, 0.25) is 0 Å². The number of hydrogen-bond donors (Lipinski definition) is 1. The molecule has 1 aliphatic carbocycles. The van der Waals surface area contributed by atoms with Gasteiger partial charge < -0.3 is 10.6 Å². The summed E-state index contributed by atoms with van der Waals surface area (Å²) in [6, 6.07) is -0.168. The van der Waals surface area contributed by atoms with Gasteiger partial charge in [0, 0.05) is 25.8 Å². The van der Waals surface area contributed by atoms with Gasteiger partial charge in [0.2, 0.25) is 5.91 Å². The quantitative estimate of drug-likeness (QED) is 0.794. The summed E-state index contributed by atoms with van der Waals surface area (Å²) in [5.41, 5.74) is 5.39. The average Bonchev–Trinajstić information content (AvgIpc) is 2.34. The van der Waals surface area contributed by atoms with Crippen LogP contribution in [0.3, 0.4) is 0 Å². The van der Waals surface area contributed by atoms with Crippen LogP contribution < -0.4 is 5.73 Å². The summed E-state index contributed by atoms with van der Waals surface area (Å²) in [7, 11) is -1.38. The van der Waals surface area contributed by atoms with Gasteiger partial charge in [0.05, 0.1) is 5.25 Å². The number of carbonyl (C=O) groups is 1. The molecule has 0 aliphatic heterocycles. The van der Waals surface area contributed by atoms with E-state index < -0.39 is 15.1 Å². The first kappa shape index (κ1) is 15.4. The summed E-state index contributed by atoms with van der Waals surface area (Å²) in [5.74, 6) is 0.000926. The third kappa shape index (κ3) is 3.95. The predicted octanol–water partition coefficient (Wildman–Crippen LogP) is 0.540. The van der Waals surface area contributed by atoms with Gasteiger partial charge in [-0.25, -0.2) is 8.42 Å². The smallest absolute Gasteiger partial charge is 0.222 e. The molecule has 106 valence electrons. The molecule has 1 rings (SSSR count). The molecular weight excluding hydrogens is 252 g/mol. The molecule has 0 bridgehead atoms. The second-order valence-electron chi connectivity index (χ2n) is 5.12. The van der Waals surface area contributed by atoms with E-state index in [2.05, 4.69) is 0 Å². The van der Waals surface area contributed by atoms with Crippen LogP contribution in [0.15, 0.2) is 0 Å². The van der Waals surface area contributed by atoms with Crippen LogP contribution in [0.1, 0.15) is 38.5 Å². The number of nitrogens with zero attached hydrogens (tertiary/aromatic N) is 1. The van der Waals surface area contributed by atoms with Crippen molar-refractivity contribution in [2.45, 2.75) is 49.8 Å². The van der Waals surface area contributed by atoms with E-state index >= 15 is 0 Å². The van der Waals surface area contributed by atoms with Gasteiger partial charge in [-0.2, -0.15) is 0 Å². The Morgan fingerprint density at radius 1 is 1.33 bits per heavy atom. The second-order valence-corrected chi connectivity index (χ2v) is 7.38. The van der Waals surface area contributed by atoms with Crippen molar-refractivity contribution in [1.29, 1.82) is 0 Å². The van der Waals surface area contributed by atoms with E-state index in [0.29, 0.717) is 25.8 Å². The van der Waals surface area contributed by atoms with Crippen molar-refractivity contribution in [3.8, 4) is 0 Å². The standard InChI is InChI=1S/C12H24N2O3S/c1-14(12(15)8-5-9-13)10-6-3-4-7-11(10)18(2,16)17/h10-11H,3-9,13H2,1-2H3. The molecule has 0 heterocycles. The fourth-order valence-electron chi connectivity index (χ4n) is 2.63. The van der Waals surface area contributed by atoms with E-state index in [1.54, 1.807) is 11.9 Å². The van der Waals surface area contributed by atoms with Gasteiger partial charge in [0.25, 0.3) is 0 Å². The molecule has 1 aliphatic rings. The van der Waals surface area contributed by atoms with E-state index in [9.17, 15) is 13.2 Å². The van der Waals surface area contributed by atoms with Gasteiger partial charge in [-0.05, 0) is 25.8 Å². The van der Waals surface area contributed by atoms with Crippen molar-refractivity contribution in [2.75, 3.05) is 19.8 Å². The molecule has 0 aromatic heterocycles. The van der Waals surface area contributed by atoms with Gasteiger partial charge in [-0.15, -0.1) is 0 Å². The fourth-order valence-corrected chi connectivity index (χ4v) is 4.12. The van der Waals surface area contributed by atoms with E-state index in [-0.39, 0.29) is 11.9 Å². The predicted molar refractivity (Wildman–Crippen MR) is 71.9 cm³/mol. The van der Waals surface area contributed by atoms with Crippen LogP contribution >= 0.6 is 0 Å². The maximum atomic E-state index is 11.9. The van der Waals surface area contributed by atoms with Gasteiger partial charge in [0.15, 0.2) is 9.84 Å². The van der Waals surface area contributed by atoms with Gasteiger partial charge in [-0.1, -0.05) is 12.8 Å². The van der Waals surface area contributed by atoms with Crippen molar-refractivity contribution in [3.05, 3.63) is 0 Å². The summed E-state index contributed by atoms with van der Waals surface area (Å²) in [6.45, 7) is 0.486. The maximum absolute atomic E-state index is 11.9. The number of sulfone groups is 1. The van der Waals surface area contributed by atoms with E-state index in [1.165, 1.54) is 6.26 Å². The Morgan fingerprint density at radius 3 is 2.50 bits per heavy atom. The first-order valence-electron chi connectivity index (χ1n) is 6.52. The number of rotatable bonds is 5. The Hall–Kier alpha value is -0.620. The topological polar surface area (TPSA) is 80.5 Å². The van der Waals surface area contributed by atoms with Gasteiger partial charge >= 0.3 is 0 Å². The van der Waals surface area contributed by atoms with Crippen molar-refractivity contribution in [3.63, 3.8) is 0 Å². The summed E-state index contributed by atoms with van der Waals surface area (Å²) in [4.78, 5) is 13.6. The highest BCUT2D eigenvalue weighted by atomic mass is 32.2. The minimum absolute atomic E-state index is 0.000926. The molecule has 5 nitrogen and oxygen atoms in total. The summed E-state index contributed by atoms with van der Waals surface area (Å²) >= 11 is 0. The first-order chi connectivity index (χ1) is 8.38. The monoisotopic (exact) mass is 276 g/mol. The molecule has 6 heteroatoms. The molecule has 0 saturated heterocycles. The molecule has 0 aromatic carbocycles. The number of amides is 1. The number of hydrogen-bond acceptors (Lipinski definition) is 4. The van der Waals surface area contributed by atoms with Crippen LogP contribution in [0, 0.1) is 0 Å². The molecule has 0 aromatic rings. The minimum Gasteiger partial charge on any atom is -0.341 e. The summed E-state index contributed by atoms with van der Waals surface area (Å²) in [5, 5.41) is -0.405. The van der Waals surface area contributed by atoms with Crippen molar-refractivity contribution < 1.29 is 13.2 Å². The third-order valence-corrected chi connectivity index (χ3v) is 5.35. The highest BCUT2D eigenvalue weighted by Gasteiger charge is 2.36. The Kier molecular flexibility index (Phi) is 5.59. The van der Waals surface area contributed by atoms with Crippen LogP contribution in [-0.4, -0.2) is 50.4 Å². The fraction of sp³-hybridized carbons (Fsp3) is 0.917. The lowest BCUT2D eigenvalue weighted by molar-refractivity contribution is -0.132. The Balaban J connectivity index is 2.74. The molecule has 1 amide bonds. The van der Waals surface area contributed by atoms with Crippen LogP contribution in [0.4, 0.5) is 0 Å². The number of carbonyl (C=O) groups excluding carboxylic acids is 1. The van der Waals surface area contributed by atoms with E-state index in [4.69, 9.17) is 5.73 Å². The zero-order valence-electron chi connectivity index (χ0n) is 11.3. The molecule has 2 N–H and O–H groups in total. The highest BCUT2D eigenvalue weighted by Crippen LogP contribution is 2.27. The van der Waals surface area contributed by atoms with Crippen molar-refractivity contribution in [2.24, 2.45) is 5.73 Å². The lowest BCUT2D eigenvalue weighted by atomic mass is 9.93. The lowest BCUT2D eigenvalue weighted by Crippen LogP contribution is -2.49. The van der Waals surface area contributed by atoms with Crippen molar-refractivity contribution in [1.82, 2.24) is 4.90 Å². The Labute approximate surface area is 110 Å². The van der Waals surface area contributed by atoms with Gasteiger partial charge in [0.1, 0.15) is 0 Å². The van der Waals surface area contributed by atoms with E-state index in [1.807, 2.05) is 0 Å². The minimum atomic E-state index is -3.09. The summed E-state index contributed by atoms with van der Waals surface area (Å²) < 4.78 is 23.6. The van der Waals surface area contributed by atoms with Crippen molar-refractivity contribution >= 4 is 15.7 Å². The average molecular weight is 276 g/mol. The molecule has 0 radical (unpaired) electrons. The zero-order chi connectivity index (χ0) is 13.8. The highest BCUT2D eigenvalue weighted by molar-refractivity contribution is 7.91. The number of nitrogens with two attached hydrogens (primary N) is 1. The summed E-state index contributed by atoms with van der Waals surface area (Å²) in [6.07, 6.45) is 5.69. The zero-order valence-corrected chi connectivity index (χ0v) is 12.1. The Bertz CT molecular complexity index is 381. The first-order valence-corrected chi connectivity index (χ1v) is 8.48. The molecule has 0 spiro atoms. The molecule has 2 atom stereocenters. The largest absolute Gasteiger partial charge is 0.341 e. The lowest BCUT2D eigenvalue weighted by Gasteiger charge is -2.37. The Morgan fingerprint density at radius 2 is 1.94 bits per heavy atom. The van der Waals surface area contributed by atoms with Crippen LogP contribution in [0.5, 0.6) is 0 Å². The molecule has 1 saturated carbocycles. The maximum Gasteiger partial charge on any atom is 0.222 e. The SMILES string of the molecule is CN(C(=O)CCCN)C1CCCCC1S(C)(=O)=O. The molecule has 1 fully saturated rings. The van der Waals surface area contributed by atoms with Crippen LogP contribution in [-0.2, 0) is 14.6 Å². The molecule has 2 unspecified atom stereocenters.